The molecule has 0 aliphatic heterocycles. The van der Waals surface area contributed by atoms with Crippen LogP contribution in [-0.4, -0.2) is 24.5 Å². The molecule has 0 rings (SSSR count). The lowest BCUT2D eigenvalue weighted by Gasteiger charge is -1.88. The van der Waals surface area contributed by atoms with Crippen LogP contribution in [0.1, 0.15) is 0 Å². The van der Waals surface area contributed by atoms with Gasteiger partial charge in [-0.25, -0.2) is 0 Å². The van der Waals surface area contributed by atoms with E-state index in [4.69, 9.17) is 4.55 Å². The average Bonchev–Trinajstić information content (AvgIpc) is 1.59. The van der Waals surface area contributed by atoms with Crippen LogP contribution in [0.25, 0.3) is 0 Å². The van der Waals surface area contributed by atoms with E-state index in [1.165, 1.54) is 8.93 Å². The topological polar surface area (TPSA) is 54.4 Å². The summed E-state index contributed by atoms with van der Waals surface area (Å²) in [5.41, 5.74) is 0. The molecule has 0 bridgehead atoms. The maximum Gasteiger partial charge on any atom is 0.265 e. The molecule has 0 aromatic heterocycles. The van der Waals surface area contributed by atoms with Crippen LogP contribution >= 0.6 is 30.1 Å². The molecule has 0 aromatic rings. The monoisotopic (exact) mass is 268 g/mol. The third kappa shape index (κ3) is 6.99. The van der Waals surface area contributed by atoms with E-state index in [2.05, 4.69) is 0 Å². The van der Waals surface area contributed by atoms with Crippen molar-refractivity contribution in [1.29, 1.82) is 0 Å². The highest BCUT2D eigenvalue weighted by atomic mass is 127. The van der Waals surface area contributed by atoms with Gasteiger partial charge >= 0.3 is 0 Å². The normalized spacial score (nSPS) is 11.8. The molecule has 0 aliphatic rings. The first-order valence-electron chi connectivity index (χ1n) is 1.75. The fourth-order valence-electron chi connectivity index (χ4n) is 0.137. The Bertz CT molecular complexity index is 139. The Balaban J connectivity index is 3.42. The summed E-state index contributed by atoms with van der Waals surface area (Å²) < 4.78 is 28.0. The smallest absolute Gasteiger partial charge is 0.265 e. The Morgan fingerprint density at radius 1 is 1.62 bits per heavy atom. The zero-order valence-electron chi connectivity index (χ0n) is 3.87. The van der Waals surface area contributed by atoms with Gasteiger partial charge in [0.2, 0.25) is 0 Å². The zero-order valence-corrected chi connectivity index (χ0v) is 7.66. The quantitative estimate of drug-likeness (QED) is 0.611. The van der Waals surface area contributed by atoms with E-state index in [0.717, 1.165) is 0 Å². The lowest BCUT2D eigenvalue weighted by atomic mass is 11.0. The van der Waals surface area contributed by atoms with Crippen molar-refractivity contribution in [3.8, 4) is 0 Å². The molecule has 0 radical (unpaired) electrons. The van der Waals surface area contributed by atoms with Crippen LogP contribution in [0.5, 0.6) is 0 Å². The molecule has 0 heterocycles. The number of hydrogen-bond acceptors (Lipinski definition) is 3. The van der Waals surface area contributed by atoms with Crippen molar-refractivity contribution < 1.29 is 13.0 Å². The molecular weight excluding hydrogens is 263 g/mol. The average molecular weight is 268 g/mol. The van der Waals surface area contributed by atoms with Gasteiger partial charge in [-0.3, -0.25) is 4.55 Å². The molecule has 3 nitrogen and oxygen atoms in total. The van der Waals surface area contributed by atoms with Crippen LogP contribution in [0.4, 0.5) is 0 Å². The van der Waals surface area contributed by atoms with Crippen LogP contribution < -0.4 is 0 Å². The predicted molar refractivity (Wildman–Crippen MR) is 42.9 cm³/mol. The molecule has 6 heteroatoms. The Kier molecular flexibility index (Phi) is 4.40. The minimum absolute atomic E-state index is 0.152. The maximum atomic E-state index is 9.93. The fourth-order valence-corrected chi connectivity index (χ4v) is 2.85. The Morgan fingerprint density at radius 3 is 2.25 bits per heavy atom. The van der Waals surface area contributed by atoms with Crippen LogP contribution in [0.2, 0.25) is 0 Å². The maximum absolute atomic E-state index is 9.93. The van der Waals surface area contributed by atoms with E-state index >= 15 is 0 Å². The van der Waals surface area contributed by atoms with E-state index in [-0.39, 0.29) is 5.75 Å². The number of rotatable bonds is 3. The predicted octanol–water partition coefficient (Wildman–Crippen LogP) is 0.957. The standard InChI is InChI=1S/C2H5IO3S2/c3-7-1-2-8(4,5)6/h1-2H2,(H,4,5,6). The summed E-state index contributed by atoms with van der Waals surface area (Å²) in [6.07, 6.45) is 0. The van der Waals surface area contributed by atoms with Gasteiger partial charge in [-0.2, -0.15) is 8.42 Å². The van der Waals surface area contributed by atoms with Crippen molar-refractivity contribution in [3.05, 3.63) is 0 Å². The second-order valence-electron chi connectivity index (χ2n) is 1.10. The molecule has 0 saturated heterocycles. The van der Waals surface area contributed by atoms with Crippen molar-refractivity contribution in [2.75, 3.05) is 11.5 Å². The molecule has 0 atom stereocenters. The Labute approximate surface area is 64.6 Å². The van der Waals surface area contributed by atoms with Crippen molar-refractivity contribution in [1.82, 2.24) is 0 Å². The molecule has 8 heavy (non-hydrogen) atoms. The van der Waals surface area contributed by atoms with E-state index in [1.807, 2.05) is 21.2 Å². The molecule has 0 aromatic carbocycles. The first kappa shape index (κ1) is 8.99. The summed E-state index contributed by atoms with van der Waals surface area (Å²) in [5, 5.41) is 0. The van der Waals surface area contributed by atoms with E-state index < -0.39 is 10.1 Å². The van der Waals surface area contributed by atoms with Crippen LogP contribution in [0.15, 0.2) is 0 Å². The molecule has 50 valence electrons. The second kappa shape index (κ2) is 3.91. The Hall–Kier alpha value is 0.990. The Morgan fingerprint density at radius 2 is 2.12 bits per heavy atom. The molecule has 0 saturated carbocycles. The van der Waals surface area contributed by atoms with Gasteiger partial charge in [0, 0.05) is 5.75 Å². The van der Waals surface area contributed by atoms with Crippen molar-refractivity contribution in [3.63, 3.8) is 0 Å². The van der Waals surface area contributed by atoms with Gasteiger partial charge in [-0.15, -0.1) is 0 Å². The van der Waals surface area contributed by atoms with E-state index in [1.54, 1.807) is 0 Å². The number of hydrogen-bond donors (Lipinski definition) is 1. The van der Waals surface area contributed by atoms with E-state index in [9.17, 15) is 8.42 Å². The summed E-state index contributed by atoms with van der Waals surface area (Å²) in [7, 11) is -2.35. The first-order chi connectivity index (χ1) is 3.56. The molecular formula is C2H5IO3S2. The largest absolute Gasteiger partial charge is 0.286 e. The third-order valence-corrected chi connectivity index (χ3v) is 3.08. The highest BCUT2D eigenvalue weighted by Crippen LogP contribution is 2.09. The van der Waals surface area contributed by atoms with Gasteiger partial charge in [0.1, 0.15) is 0 Å². The van der Waals surface area contributed by atoms with Gasteiger partial charge in [0.05, 0.1) is 5.75 Å². The lowest BCUT2D eigenvalue weighted by molar-refractivity contribution is 0.485. The lowest BCUT2D eigenvalue weighted by Crippen LogP contribution is -2.04. The number of halogens is 1. The summed E-state index contributed by atoms with van der Waals surface area (Å²) in [6, 6.07) is 0. The fraction of sp³-hybridized carbons (Fsp3) is 1.00. The van der Waals surface area contributed by atoms with E-state index in [0.29, 0.717) is 5.75 Å². The third-order valence-electron chi connectivity index (χ3n) is 0.418. The summed E-state index contributed by atoms with van der Waals surface area (Å²) in [4.78, 5) is 0. The van der Waals surface area contributed by atoms with Gasteiger partial charge in [0.15, 0.2) is 0 Å². The van der Waals surface area contributed by atoms with Crippen LogP contribution in [0.3, 0.4) is 0 Å². The van der Waals surface area contributed by atoms with Crippen molar-refractivity contribution in [2.24, 2.45) is 0 Å². The molecule has 1 N–H and O–H groups in total. The van der Waals surface area contributed by atoms with Crippen molar-refractivity contribution in [2.45, 2.75) is 0 Å². The summed E-state index contributed by atoms with van der Waals surface area (Å²) in [6.45, 7) is 0. The zero-order chi connectivity index (χ0) is 6.62. The first-order valence-corrected chi connectivity index (χ1v) is 6.89. The van der Waals surface area contributed by atoms with Crippen LogP contribution in [0, 0.1) is 0 Å². The summed E-state index contributed by atoms with van der Waals surface area (Å²) >= 11 is 1.97. The SMILES string of the molecule is O=S(=O)(O)CCSI. The van der Waals surface area contributed by atoms with Gasteiger partial charge in [-0.05, 0) is 21.2 Å². The molecule has 0 spiro atoms. The highest BCUT2D eigenvalue weighted by Gasteiger charge is 2.01. The molecule has 0 amide bonds. The van der Waals surface area contributed by atoms with Crippen LogP contribution in [-0.2, 0) is 10.1 Å². The van der Waals surface area contributed by atoms with Gasteiger partial charge in [0.25, 0.3) is 10.1 Å². The van der Waals surface area contributed by atoms with Gasteiger partial charge in [-0.1, -0.05) is 8.93 Å². The molecule has 0 fully saturated rings. The molecule has 0 aliphatic carbocycles. The van der Waals surface area contributed by atoms with Gasteiger partial charge < -0.3 is 0 Å². The minimum Gasteiger partial charge on any atom is -0.286 e. The van der Waals surface area contributed by atoms with Crippen molar-refractivity contribution >= 4 is 40.3 Å². The summed E-state index contributed by atoms with van der Waals surface area (Å²) in [5.74, 6) is 0.292. The molecule has 0 unspecified atom stereocenters. The minimum atomic E-state index is -3.71. The second-order valence-corrected chi connectivity index (χ2v) is 5.17. The highest BCUT2D eigenvalue weighted by molar-refractivity contribution is 14.2.